The molecule has 1 saturated heterocycles. The number of carbonyl (C=O) groups is 1. The largest absolute Gasteiger partial charge is 0.360 e. The van der Waals surface area contributed by atoms with Crippen molar-refractivity contribution in [3.8, 4) is 0 Å². The zero-order chi connectivity index (χ0) is 10.7. The molecule has 0 aromatic carbocycles. The lowest BCUT2D eigenvalue weighted by Crippen LogP contribution is -2.23. The van der Waals surface area contributed by atoms with Gasteiger partial charge in [0.05, 0.1) is 6.54 Å². The van der Waals surface area contributed by atoms with Gasteiger partial charge >= 0.3 is 0 Å². The number of anilines is 1. The first kappa shape index (κ1) is 10.4. The van der Waals surface area contributed by atoms with Crippen molar-refractivity contribution in [3.05, 3.63) is 5.01 Å². The number of nitrogens with zero attached hydrogens (tertiary/aromatic N) is 3. The normalized spacial score (nSPS) is 16.1. The van der Waals surface area contributed by atoms with Crippen molar-refractivity contribution < 1.29 is 4.79 Å². The van der Waals surface area contributed by atoms with Crippen LogP contribution in [-0.4, -0.2) is 34.1 Å². The van der Waals surface area contributed by atoms with E-state index in [0.717, 1.165) is 29.6 Å². The van der Waals surface area contributed by atoms with Gasteiger partial charge < -0.3 is 10.2 Å². The number of likely N-dealkylation sites (tertiary alicyclic amines) is 1. The van der Waals surface area contributed by atoms with E-state index in [9.17, 15) is 4.79 Å². The maximum Gasteiger partial charge on any atom is 0.223 e. The fourth-order valence-corrected chi connectivity index (χ4v) is 2.40. The fraction of sp³-hybridized carbons (Fsp3) is 0.667. The molecule has 1 aromatic heterocycles. The highest BCUT2D eigenvalue weighted by Gasteiger charge is 2.21. The first-order chi connectivity index (χ1) is 7.29. The number of aromatic nitrogens is 2. The molecule has 1 N–H and O–H groups in total. The maximum atomic E-state index is 11.4. The Morgan fingerprint density at radius 3 is 3.07 bits per heavy atom. The van der Waals surface area contributed by atoms with Gasteiger partial charge in [0, 0.05) is 19.5 Å². The summed E-state index contributed by atoms with van der Waals surface area (Å²) < 4.78 is 0. The van der Waals surface area contributed by atoms with Crippen LogP contribution < -0.4 is 5.32 Å². The summed E-state index contributed by atoms with van der Waals surface area (Å²) in [6.45, 7) is 4.33. The van der Waals surface area contributed by atoms with Gasteiger partial charge in [-0.15, -0.1) is 10.2 Å². The summed E-state index contributed by atoms with van der Waals surface area (Å²) in [6, 6.07) is 0. The predicted molar refractivity (Wildman–Crippen MR) is 58.7 cm³/mol. The maximum absolute atomic E-state index is 11.4. The summed E-state index contributed by atoms with van der Waals surface area (Å²) in [5.74, 6) is 0.232. The van der Waals surface area contributed by atoms with Crippen molar-refractivity contribution in [1.29, 1.82) is 0 Å². The highest BCUT2D eigenvalue weighted by atomic mass is 32.1. The van der Waals surface area contributed by atoms with Crippen LogP contribution >= 0.6 is 11.3 Å². The predicted octanol–water partition coefficient (Wildman–Crippen LogP) is 1.09. The quantitative estimate of drug-likeness (QED) is 0.835. The summed E-state index contributed by atoms with van der Waals surface area (Å²) >= 11 is 1.52. The van der Waals surface area contributed by atoms with Crippen molar-refractivity contribution >= 4 is 22.4 Å². The molecule has 82 valence electrons. The zero-order valence-corrected chi connectivity index (χ0v) is 9.51. The van der Waals surface area contributed by atoms with E-state index in [2.05, 4.69) is 15.5 Å². The Kier molecular flexibility index (Phi) is 3.15. The number of amides is 1. The van der Waals surface area contributed by atoms with Gasteiger partial charge in [0.25, 0.3) is 0 Å². The average molecular weight is 226 g/mol. The highest BCUT2D eigenvalue weighted by molar-refractivity contribution is 7.15. The highest BCUT2D eigenvalue weighted by Crippen LogP contribution is 2.19. The molecule has 2 rings (SSSR count). The Bertz CT molecular complexity index is 352. The molecule has 0 unspecified atom stereocenters. The third-order valence-electron chi connectivity index (χ3n) is 2.29. The van der Waals surface area contributed by atoms with Crippen LogP contribution in [0.25, 0.3) is 0 Å². The second-order valence-corrected chi connectivity index (χ2v) is 4.51. The third-order valence-corrected chi connectivity index (χ3v) is 3.16. The molecule has 0 bridgehead atoms. The Balaban J connectivity index is 1.95. The van der Waals surface area contributed by atoms with Gasteiger partial charge in [0.1, 0.15) is 5.01 Å². The number of hydrogen-bond acceptors (Lipinski definition) is 5. The van der Waals surface area contributed by atoms with E-state index < -0.39 is 0 Å². The molecule has 1 aliphatic rings. The fourth-order valence-electron chi connectivity index (χ4n) is 1.57. The van der Waals surface area contributed by atoms with E-state index in [1.807, 2.05) is 11.8 Å². The molecule has 15 heavy (non-hydrogen) atoms. The van der Waals surface area contributed by atoms with Crippen LogP contribution in [0.4, 0.5) is 5.13 Å². The summed E-state index contributed by atoms with van der Waals surface area (Å²) in [4.78, 5) is 13.2. The molecular formula is C9H14N4OS. The van der Waals surface area contributed by atoms with Gasteiger partial charge in [-0.2, -0.15) is 0 Å². The van der Waals surface area contributed by atoms with E-state index in [0.29, 0.717) is 13.0 Å². The summed E-state index contributed by atoms with van der Waals surface area (Å²) in [5.41, 5.74) is 0. The molecule has 0 aliphatic carbocycles. The molecule has 1 aromatic rings. The zero-order valence-electron chi connectivity index (χ0n) is 8.69. The van der Waals surface area contributed by atoms with Crippen LogP contribution in [0.2, 0.25) is 0 Å². The van der Waals surface area contributed by atoms with E-state index in [1.54, 1.807) is 0 Å². The van der Waals surface area contributed by atoms with Crippen LogP contribution in [0.3, 0.4) is 0 Å². The van der Waals surface area contributed by atoms with Crippen molar-refractivity contribution in [2.45, 2.75) is 26.3 Å². The molecular weight excluding hydrogens is 212 g/mol. The van der Waals surface area contributed by atoms with Gasteiger partial charge in [-0.1, -0.05) is 11.3 Å². The van der Waals surface area contributed by atoms with Gasteiger partial charge in [-0.3, -0.25) is 4.79 Å². The molecule has 0 radical (unpaired) electrons. The number of carbonyl (C=O) groups excluding carboxylic acids is 1. The second-order valence-electron chi connectivity index (χ2n) is 3.45. The summed E-state index contributed by atoms with van der Waals surface area (Å²) in [5, 5.41) is 12.9. The molecule has 1 amide bonds. The van der Waals surface area contributed by atoms with Crippen molar-refractivity contribution in [2.24, 2.45) is 0 Å². The first-order valence-corrected chi connectivity index (χ1v) is 5.95. The standard InChI is InChI=1S/C9H14N4OS/c1-2-10-9-12-11-7(15-9)6-13-5-3-4-8(13)14/h2-6H2,1H3,(H,10,12). The Morgan fingerprint density at radius 2 is 2.40 bits per heavy atom. The third kappa shape index (κ3) is 2.44. The monoisotopic (exact) mass is 226 g/mol. The van der Waals surface area contributed by atoms with E-state index >= 15 is 0 Å². The van der Waals surface area contributed by atoms with Gasteiger partial charge in [-0.25, -0.2) is 0 Å². The topological polar surface area (TPSA) is 58.1 Å². The van der Waals surface area contributed by atoms with E-state index in [1.165, 1.54) is 11.3 Å². The lowest BCUT2D eigenvalue weighted by Gasteiger charge is -2.12. The summed E-state index contributed by atoms with van der Waals surface area (Å²) in [7, 11) is 0. The molecule has 0 atom stereocenters. The molecule has 5 nitrogen and oxygen atoms in total. The lowest BCUT2D eigenvalue weighted by molar-refractivity contribution is -0.128. The van der Waals surface area contributed by atoms with E-state index in [-0.39, 0.29) is 5.91 Å². The van der Waals surface area contributed by atoms with Crippen LogP contribution in [0, 0.1) is 0 Å². The van der Waals surface area contributed by atoms with Crippen LogP contribution in [0.1, 0.15) is 24.8 Å². The molecule has 2 heterocycles. The van der Waals surface area contributed by atoms with Crippen molar-refractivity contribution in [2.75, 3.05) is 18.4 Å². The van der Waals surface area contributed by atoms with Crippen molar-refractivity contribution in [1.82, 2.24) is 15.1 Å². The smallest absolute Gasteiger partial charge is 0.223 e. The number of nitrogens with one attached hydrogen (secondary N) is 1. The van der Waals surface area contributed by atoms with Crippen LogP contribution in [-0.2, 0) is 11.3 Å². The minimum absolute atomic E-state index is 0.232. The minimum Gasteiger partial charge on any atom is -0.360 e. The van der Waals surface area contributed by atoms with Crippen LogP contribution in [0.5, 0.6) is 0 Å². The molecule has 1 aliphatic heterocycles. The molecule has 0 spiro atoms. The molecule has 6 heteroatoms. The Hall–Kier alpha value is -1.17. The molecule has 1 fully saturated rings. The second kappa shape index (κ2) is 4.57. The average Bonchev–Trinajstić information content (AvgIpc) is 2.79. The first-order valence-electron chi connectivity index (χ1n) is 5.13. The number of rotatable bonds is 4. The SMILES string of the molecule is CCNc1nnc(CN2CCCC2=O)s1. The molecule has 0 saturated carbocycles. The van der Waals surface area contributed by atoms with Gasteiger partial charge in [0.2, 0.25) is 11.0 Å². The van der Waals surface area contributed by atoms with Crippen LogP contribution in [0.15, 0.2) is 0 Å². The minimum atomic E-state index is 0.232. The van der Waals surface area contributed by atoms with Crippen molar-refractivity contribution in [3.63, 3.8) is 0 Å². The lowest BCUT2D eigenvalue weighted by atomic mass is 10.4. The van der Waals surface area contributed by atoms with E-state index in [4.69, 9.17) is 0 Å². The Morgan fingerprint density at radius 1 is 1.53 bits per heavy atom. The Labute approximate surface area is 92.5 Å². The van der Waals surface area contributed by atoms with Gasteiger partial charge in [0.15, 0.2) is 0 Å². The number of hydrogen-bond donors (Lipinski definition) is 1. The summed E-state index contributed by atoms with van der Waals surface area (Å²) in [6.07, 6.45) is 1.65. The van der Waals surface area contributed by atoms with Gasteiger partial charge in [-0.05, 0) is 13.3 Å².